The second-order valence-electron chi connectivity index (χ2n) is 8.31. The monoisotopic (exact) mass is 362 g/mol. The van der Waals surface area contributed by atoms with Crippen molar-refractivity contribution in [1.29, 1.82) is 0 Å². The van der Waals surface area contributed by atoms with Gasteiger partial charge in [0.15, 0.2) is 0 Å². The molecule has 3 rings (SSSR count). The SMILES string of the molecule is CCc1ccc(C)c(N2C=CN(c3c(C)ccc(C)c3C)C2C(C)C)c1C. The zero-order valence-electron chi connectivity index (χ0n) is 18.2. The molecule has 0 spiro atoms. The minimum absolute atomic E-state index is 0.286. The van der Waals surface area contributed by atoms with Gasteiger partial charge in [0.1, 0.15) is 6.17 Å². The summed E-state index contributed by atoms with van der Waals surface area (Å²) in [5.41, 5.74) is 11.0. The maximum atomic E-state index is 2.50. The Morgan fingerprint density at radius 1 is 0.741 bits per heavy atom. The third-order valence-corrected chi connectivity index (χ3v) is 6.10. The van der Waals surface area contributed by atoms with Gasteiger partial charge < -0.3 is 9.80 Å². The molecule has 1 aliphatic rings. The standard InChI is InChI=1S/C25H34N2/c1-9-22-13-12-19(6)24(21(22)8)27-15-14-26(25(27)16(2)3)23-18(5)11-10-17(4)20(23)7/h10-16,25H,9H2,1-8H3. The van der Waals surface area contributed by atoms with Crippen molar-refractivity contribution in [1.82, 2.24) is 0 Å². The zero-order chi connectivity index (χ0) is 19.9. The van der Waals surface area contributed by atoms with Crippen molar-refractivity contribution in [3.05, 3.63) is 70.0 Å². The first-order chi connectivity index (χ1) is 12.8. The fourth-order valence-corrected chi connectivity index (χ4v) is 4.50. The third kappa shape index (κ3) is 3.26. The Labute approximate surface area is 165 Å². The average Bonchev–Trinajstić information content (AvgIpc) is 3.03. The molecular weight excluding hydrogens is 328 g/mol. The Balaban J connectivity index is 2.13. The molecule has 1 heterocycles. The summed E-state index contributed by atoms with van der Waals surface area (Å²) in [6.45, 7) is 18.1. The first-order valence-electron chi connectivity index (χ1n) is 10.2. The van der Waals surface area contributed by atoms with E-state index in [1.807, 2.05) is 0 Å². The summed E-state index contributed by atoms with van der Waals surface area (Å²) in [7, 11) is 0. The number of aryl methyl sites for hydroxylation is 4. The molecule has 2 heteroatoms. The van der Waals surface area contributed by atoms with Gasteiger partial charge in [0, 0.05) is 23.8 Å². The van der Waals surface area contributed by atoms with Crippen molar-refractivity contribution >= 4 is 11.4 Å². The fourth-order valence-electron chi connectivity index (χ4n) is 4.50. The molecule has 0 amide bonds. The fraction of sp³-hybridized carbons (Fsp3) is 0.440. The van der Waals surface area contributed by atoms with Gasteiger partial charge in [0.25, 0.3) is 0 Å². The van der Waals surface area contributed by atoms with Crippen molar-refractivity contribution in [2.75, 3.05) is 9.80 Å². The molecule has 0 aliphatic carbocycles. The molecule has 0 bridgehead atoms. The molecule has 2 aromatic carbocycles. The van der Waals surface area contributed by atoms with Crippen LogP contribution in [0.3, 0.4) is 0 Å². The van der Waals surface area contributed by atoms with Gasteiger partial charge in [-0.3, -0.25) is 0 Å². The van der Waals surface area contributed by atoms with Gasteiger partial charge in [-0.15, -0.1) is 0 Å². The Hall–Kier alpha value is -2.22. The van der Waals surface area contributed by atoms with E-state index >= 15 is 0 Å². The maximum absolute atomic E-state index is 2.50. The van der Waals surface area contributed by atoms with Crippen LogP contribution in [-0.4, -0.2) is 6.17 Å². The number of nitrogens with zero attached hydrogens (tertiary/aromatic N) is 2. The van der Waals surface area contributed by atoms with Gasteiger partial charge in [0.05, 0.1) is 0 Å². The van der Waals surface area contributed by atoms with Gasteiger partial charge >= 0.3 is 0 Å². The van der Waals surface area contributed by atoms with Crippen molar-refractivity contribution < 1.29 is 0 Å². The lowest BCUT2D eigenvalue weighted by Crippen LogP contribution is -2.44. The number of rotatable bonds is 4. The Bertz CT molecular complexity index is 876. The first-order valence-corrected chi connectivity index (χ1v) is 10.2. The van der Waals surface area contributed by atoms with Crippen LogP contribution in [0.1, 0.15) is 54.2 Å². The number of hydrogen-bond donors (Lipinski definition) is 0. The van der Waals surface area contributed by atoms with Crippen LogP contribution in [0.25, 0.3) is 0 Å². The van der Waals surface area contributed by atoms with Gasteiger partial charge in [-0.2, -0.15) is 0 Å². The predicted octanol–water partition coefficient (Wildman–Crippen LogP) is 6.57. The first kappa shape index (κ1) is 19.5. The summed E-state index contributed by atoms with van der Waals surface area (Å²) in [4.78, 5) is 4.98. The number of anilines is 2. The molecule has 0 aromatic heterocycles. The molecule has 0 saturated carbocycles. The lowest BCUT2D eigenvalue weighted by molar-refractivity contribution is 0.499. The minimum atomic E-state index is 0.286. The van der Waals surface area contributed by atoms with Gasteiger partial charge in [0.2, 0.25) is 0 Å². The van der Waals surface area contributed by atoms with Crippen LogP contribution in [0.5, 0.6) is 0 Å². The summed E-state index contributed by atoms with van der Waals surface area (Å²) >= 11 is 0. The number of benzene rings is 2. The van der Waals surface area contributed by atoms with E-state index in [0.29, 0.717) is 5.92 Å². The minimum Gasteiger partial charge on any atom is -0.325 e. The normalized spacial score (nSPS) is 16.7. The average molecular weight is 363 g/mol. The molecule has 27 heavy (non-hydrogen) atoms. The largest absolute Gasteiger partial charge is 0.325 e. The smallest absolute Gasteiger partial charge is 0.112 e. The highest BCUT2D eigenvalue weighted by atomic mass is 15.4. The summed E-state index contributed by atoms with van der Waals surface area (Å²) < 4.78 is 0. The molecule has 2 nitrogen and oxygen atoms in total. The Morgan fingerprint density at radius 2 is 1.22 bits per heavy atom. The van der Waals surface area contributed by atoms with Crippen LogP contribution < -0.4 is 9.80 Å². The molecule has 0 fully saturated rings. The molecule has 2 aromatic rings. The summed E-state index contributed by atoms with van der Waals surface area (Å²) in [6, 6.07) is 9.04. The van der Waals surface area contributed by atoms with E-state index in [0.717, 1.165) is 6.42 Å². The van der Waals surface area contributed by atoms with Crippen molar-refractivity contribution in [2.45, 2.75) is 68.0 Å². The van der Waals surface area contributed by atoms with E-state index in [1.54, 1.807) is 0 Å². The molecule has 1 unspecified atom stereocenters. The second-order valence-corrected chi connectivity index (χ2v) is 8.31. The van der Waals surface area contributed by atoms with Crippen LogP contribution in [0, 0.1) is 40.5 Å². The van der Waals surface area contributed by atoms with Crippen molar-refractivity contribution in [3.63, 3.8) is 0 Å². The quantitative estimate of drug-likeness (QED) is 0.607. The van der Waals surface area contributed by atoms with Gasteiger partial charge in [-0.25, -0.2) is 0 Å². The van der Waals surface area contributed by atoms with Crippen molar-refractivity contribution in [3.8, 4) is 0 Å². The van der Waals surface area contributed by atoms with Crippen LogP contribution in [0.15, 0.2) is 36.7 Å². The third-order valence-electron chi connectivity index (χ3n) is 6.10. The topological polar surface area (TPSA) is 6.48 Å². The van der Waals surface area contributed by atoms with E-state index in [-0.39, 0.29) is 6.17 Å². The van der Waals surface area contributed by atoms with Gasteiger partial charge in [-0.1, -0.05) is 45.0 Å². The van der Waals surface area contributed by atoms with Crippen LogP contribution in [-0.2, 0) is 6.42 Å². The van der Waals surface area contributed by atoms with E-state index in [4.69, 9.17) is 0 Å². The van der Waals surface area contributed by atoms with E-state index in [9.17, 15) is 0 Å². The highest BCUT2D eigenvalue weighted by Crippen LogP contribution is 2.39. The lowest BCUT2D eigenvalue weighted by atomic mass is 9.97. The molecule has 0 N–H and O–H groups in total. The van der Waals surface area contributed by atoms with Crippen LogP contribution in [0.4, 0.5) is 11.4 Å². The predicted molar refractivity (Wildman–Crippen MR) is 119 cm³/mol. The molecule has 1 aliphatic heterocycles. The molecule has 144 valence electrons. The Morgan fingerprint density at radius 3 is 1.74 bits per heavy atom. The van der Waals surface area contributed by atoms with E-state index < -0.39 is 0 Å². The number of hydrogen-bond acceptors (Lipinski definition) is 2. The second kappa shape index (κ2) is 7.42. The molecular formula is C25H34N2. The summed E-state index contributed by atoms with van der Waals surface area (Å²) in [5.74, 6) is 0.489. The molecule has 0 radical (unpaired) electrons. The highest BCUT2D eigenvalue weighted by molar-refractivity contribution is 5.71. The zero-order valence-corrected chi connectivity index (χ0v) is 18.2. The summed E-state index contributed by atoms with van der Waals surface area (Å²) in [6.07, 6.45) is 5.91. The van der Waals surface area contributed by atoms with Crippen molar-refractivity contribution in [2.24, 2.45) is 5.92 Å². The van der Waals surface area contributed by atoms with Crippen LogP contribution >= 0.6 is 0 Å². The van der Waals surface area contributed by atoms with E-state index in [1.165, 1.54) is 44.8 Å². The lowest BCUT2D eigenvalue weighted by Gasteiger charge is -2.38. The Kier molecular flexibility index (Phi) is 5.37. The molecule has 0 saturated heterocycles. The van der Waals surface area contributed by atoms with E-state index in [2.05, 4.69) is 102 Å². The highest BCUT2D eigenvalue weighted by Gasteiger charge is 2.34. The van der Waals surface area contributed by atoms with Crippen LogP contribution in [0.2, 0.25) is 0 Å². The summed E-state index contributed by atoms with van der Waals surface area (Å²) in [5, 5.41) is 0. The molecule has 1 atom stereocenters. The van der Waals surface area contributed by atoms with Gasteiger partial charge in [-0.05, 0) is 80.3 Å². The maximum Gasteiger partial charge on any atom is 0.112 e.